The Morgan fingerprint density at radius 2 is 1.33 bits per heavy atom. The monoisotopic (exact) mass is 649 g/mol. The van der Waals surface area contributed by atoms with Gasteiger partial charge in [-0.3, -0.25) is 4.55 Å². The van der Waals surface area contributed by atoms with Gasteiger partial charge in [-0.1, -0.05) is 12.1 Å². The van der Waals surface area contributed by atoms with E-state index in [9.17, 15) is 33.1 Å². The molecule has 0 fully saturated rings. The maximum atomic E-state index is 11.3. The van der Waals surface area contributed by atoms with Crippen LogP contribution in [0.5, 0.6) is 11.6 Å². The van der Waals surface area contributed by atoms with Crippen LogP contribution in [0.1, 0.15) is 27.2 Å². The van der Waals surface area contributed by atoms with Gasteiger partial charge in [-0.05, 0) is 110 Å². The van der Waals surface area contributed by atoms with Crippen molar-refractivity contribution in [2.24, 2.45) is 20.5 Å². The Morgan fingerprint density at radius 1 is 0.761 bits per heavy atom. The van der Waals surface area contributed by atoms with Gasteiger partial charge >= 0.3 is 35.5 Å². The summed E-state index contributed by atoms with van der Waals surface area (Å²) in [4.78, 5) is 11.0. The molecule has 13 nitrogen and oxygen atoms in total. The second-order valence-electron chi connectivity index (χ2n) is 10.0. The van der Waals surface area contributed by atoms with Gasteiger partial charge < -0.3 is 15.3 Å². The molecule has 5 aromatic rings. The summed E-state index contributed by atoms with van der Waals surface area (Å²) in [5.41, 5.74) is 5.60. The Hall–Kier alpha value is -4.73. The molecule has 0 spiro atoms. The number of hydrogen-bond acceptors (Lipinski definition) is 10. The van der Waals surface area contributed by atoms with Crippen LogP contribution in [-0.4, -0.2) is 44.0 Å². The number of hydrogen-bond donors (Lipinski definition) is 4. The Labute approximate surface area is 285 Å². The predicted octanol–water partition coefficient (Wildman–Crippen LogP) is 4.66. The molecule has 0 aliphatic carbocycles. The molecule has 15 heteroatoms. The minimum atomic E-state index is -4.36. The first kappa shape index (κ1) is 34.1. The minimum absolute atomic E-state index is 0. The number of benzene rings is 4. The predicted molar refractivity (Wildman–Crippen MR) is 165 cm³/mol. The molecule has 4 aromatic carbocycles. The molecule has 1 aromatic heterocycles. The summed E-state index contributed by atoms with van der Waals surface area (Å²) in [6.07, 6.45) is 0. The van der Waals surface area contributed by atoms with E-state index in [1.807, 2.05) is 38.1 Å². The van der Waals surface area contributed by atoms with Crippen molar-refractivity contribution in [2.75, 3.05) is 0 Å². The van der Waals surface area contributed by atoms with Crippen LogP contribution in [0.4, 0.5) is 22.7 Å². The number of rotatable bonds is 8. The van der Waals surface area contributed by atoms with Crippen LogP contribution in [0.25, 0.3) is 16.8 Å². The van der Waals surface area contributed by atoms with Crippen LogP contribution < -0.4 is 29.6 Å². The van der Waals surface area contributed by atoms with E-state index in [0.717, 1.165) is 22.3 Å². The zero-order valence-corrected chi connectivity index (χ0v) is 27.9. The van der Waals surface area contributed by atoms with Crippen LogP contribution in [0.15, 0.2) is 104 Å². The fourth-order valence-electron chi connectivity index (χ4n) is 4.43. The fourth-order valence-corrected chi connectivity index (χ4v) is 4.91. The number of phenols is 1. The molecule has 0 aliphatic rings. The number of aromatic hydroxyl groups is 2. The molecular weight excluding hydrogens is 623 g/mol. The number of azo groups is 2. The van der Waals surface area contributed by atoms with Gasteiger partial charge in [-0.2, -0.15) is 33.5 Å². The third kappa shape index (κ3) is 7.38. The van der Waals surface area contributed by atoms with Crippen molar-refractivity contribution in [1.82, 2.24) is 9.78 Å². The van der Waals surface area contributed by atoms with E-state index in [-0.39, 0.29) is 57.3 Å². The van der Waals surface area contributed by atoms with Gasteiger partial charge in [0.15, 0.2) is 5.69 Å². The number of carboxylic acid groups (broad SMARTS) is 1. The average Bonchev–Trinajstić information content (AvgIpc) is 3.28. The van der Waals surface area contributed by atoms with Gasteiger partial charge in [0.25, 0.3) is 10.1 Å². The number of aryl methyl sites for hydroxylation is 3. The van der Waals surface area contributed by atoms with Crippen molar-refractivity contribution in [3.8, 4) is 28.4 Å². The van der Waals surface area contributed by atoms with Gasteiger partial charge in [-0.15, -0.1) is 5.11 Å². The first-order valence-electron chi connectivity index (χ1n) is 13.3. The number of carbonyl (C=O) groups is 1. The van der Waals surface area contributed by atoms with Crippen LogP contribution >= 0.6 is 0 Å². The van der Waals surface area contributed by atoms with Crippen LogP contribution in [0.2, 0.25) is 0 Å². The van der Waals surface area contributed by atoms with E-state index in [1.54, 1.807) is 19.1 Å². The molecule has 0 saturated heterocycles. The van der Waals surface area contributed by atoms with E-state index in [0.29, 0.717) is 28.4 Å². The summed E-state index contributed by atoms with van der Waals surface area (Å²) in [6, 6.07) is 20.4. The van der Waals surface area contributed by atoms with Gasteiger partial charge in [0.2, 0.25) is 5.88 Å². The quantitative estimate of drug-likeness (QED) is 0.106. The summed E-state index contributed by atoms with van der Waals surface area (Å²) in [5, 5.41) is 50.8. The molecule has 4 N–H and O–H groups in total. The maximum Gasteiger partial charge on any atom is 1.00 e. The van der Waals surface area contributed by atoms with Gasteiger partial charge in [0, 0.05) is 0 Å². The standard InChI is InChI=1S/C31H26N6O7S.Na/c1-17-14-20(4-11-26(17)33-32-22-6-13-28(38)25(16-22)31(40)41)21-5-12-27(18(2)15-21)34-35-29-19(3)36-37(30(29)39)23-7-9-24(10-8-23)45(42,43)44;/h4-16,38-39H,1-3H3,(H,40,41)(H,42,43,44);/q;+1. The Bertz CT molecular complexity index is 2130. The average molecular weight is 650 g/mol. The second-order valence-corrected chi connectivity index (χ2v) is 11.5. The summed E-state index contributed by atoms with van der Waals surface area (Å²) in [7, 11) is -4.36. The third-order valence-corrected chi connectivity index (χ3v) is 7.72. The van der Waals surface area contributed by atoms with Crippen molar-refractivity contribution < 1.29 is 62.6 Å². The van der Waals surface area contributed by atoms with Crippen LogP contribution in [0.3, 0.4) is 0 Å². The largest absolute Gasteiger partial charge is 1.00 e. The van der Waals surface area contributed by atoms with Crippen LogP contribution in [0, 0.1) is 20.8 Å². The van der Waals surface area contributed by atoms with E-state index in [4.69, 9.17) is 0 Å². The number of aromatic nitrogens is 2. The minimum Gasteiger partial charge on any atom is -0.507 e. The zero-order chi connectivity index (χ0) is 32.5. The molecular formula is C31H26N6NaO7S+. The van der Waals surface area contributed by atoms with E-state index < -0.39 is 16.1 Å². The molecule has 1 heterocycles. The Balaban J connectivity index is 0.00000480. The summed E-state index contributed by atoms with van der Waals surface area (Å²) >= 11 is 0. The number of aromatic carboxylic acids is 1. The molecule has 0 radical (unpaired) electrons. The topological polar surface area (TPSA) is 199 Å². The van der Waals surface area contributed by atoms with Crippen molar-refractivity contribution in [3.63, 3.8) is 0 Å². The summed E-state index contributed by atoms with van der Waals surface area (Å²) < 4.78 is 33.0. The Morgan fingerprint density at radius 3 is 1.85 bits per heavy atom. The van der Waals surface area contributed by atoms with Gasteiger partial charge in [0.05, 0.1) is 33.3 Å². The smallest absolute Gasteiger partial charge is 0.507 e. The molecule has 0 bridgehead atoms. The maximum absolute atomic E-state index is 11.3. The van der Waals surface area contributed by atoms with E-state index in [2.05, 4.69) is 25.6 Å². The molecule has 0 aliphatic heterocycles. The van der Waals surface area contributed by atoms with Gasteiger partial charge in [-0.25, -0.2) is 4.79 Å². The first-order valence-corrected chi connectivity index (χ1v) is 14.7. The van der Waals surface area contributed by atoms with Crippen LogP contribution in [-0.2, 0) is 10.1 Å². The molecule has 228 valence electrons. The third-order valence-electron chi connectivity index (χ3n) is 6.85. The first-order chi connectivity index (χ1) is 21.3. The normalized spacial score (nSPS) is 11.7. The van der Waals surface area contributed by atoms with E-state index >= 15 is 0 Å². The summed E-state index contributed by atoms with van der Waals surface area (Å²) in [6.45, 7) is 5.41. The zero-order valence-electron chi connectivity index (χ0n) is 25.1. The molecule has 5 rings (SSSR count). The molecule has 0 unspecified atom stereocenters. The van der Waals surface area contributed by atoms with Crippen molar-refractivity contribution in [1.29, 1.82) is 0 Å². The summed E-state index contributed by atoms with van der Waals surface area (Å²) in [5.74, 6) is -1.90. The number of nitrogens with zero attached hydrogens (tertiary/aromatic N) is 6. The van der Waals surface area contributed by atoms with Crippen molar-refractivity contribution >= 4 is 38.8 Å². The number of carboxylic acids is 1. The molecule has 0 atom stereocenters. The van der Waals surface area contributed by atoms with Gasteiger partial charge in [0.1, 0.15) is 11.3 Å². The SMILES string of the molecule is Cc1cc(-c2ccc(N=Nc3c(C)nn(-c4ccc(S(=O)(=O)O)cc4)c3O)c(C)c2)ccc1N=Nc1ccc(O)c(C(=O)O)c1.[Na+]. The fraction of sp³-hybridized carbons (Fsp3) is 0.0968. The van der Waals surface area contributed by atoms with E-state index in [1.165, 1.54) is 47.1 Å². The van der Waals surface area contributed by atoms with Crippen molar-refractivity contribution in [2.45, 2.75) is 25.7 Å². The molecule has 46 heavy (non-hydrogen) atoms. The Kier molecular flexibility index (Phi) is 10.2. The molecule has 0 amide bonds. The van der Waals surface area contributed by atoms with Crippen molar-refractivity contribution in [3.05, 3.63) is 101 Å². The molecule has 0 saturated carbocycles. The second kappa shape index (κ2) is 13.7.